The van der Waals surface area contributed by atoms with Crippen molar-refractivity contribution in [3.05, 3.63) is 152 Å². The molecule has 0 aromatic heterocycles. The lowest BCUT2D eigenvalue weighted by Crippen LogP contribution is -2.59. The van der Waals surface area contributed by atoms with Crippen LogP contribution in [0.3, 0.4) is 0 Å². The van der Waals surface area contributed by atoms with Gasteiger partial charge in [0.2, 0.25) is 0 Å². The highest BCUT2D eigenvalue weighted by molar-refractivity contribution is 6.00. The predicted octanol–water partition coefficient (Wildman–Crippen LogP) is 6.23. The third kappa shape index (κ3) is 5.39. The number of aliphatic hydroxyl groups is 1. The molecule has 4 aromatic carbocycles. The fraction of sp³-hybridized carbons (Fsp3) is 0.229. The zero-order valence-corrected chi connectivity index (χ0v) is 24.7. The van der Waals surface area contributed by atoms with Gasteiger partial charge in [0.05, 0.1) is 28.4 Å². The molecule has 0 saturated heterocycles. The second kappa shape index (κ2) is 12.7. The summed E-state index contributed by atoms with van der Waals surface area (Å²) in [4.78, 5) is 51.5. The molecule has 46 heavy (non-hydrogen) atoms. The number of Topliss-reactive ketones (excluding diaryl/α,β-unsaturated/α-hetero) is 1. The van der Waals surface area contributed by atoms with Crippen LogP contribution in [0.1, 0.15) is 52.2 Å². The first-order valence-corrected chi connectivity index (χ1v) is 14.5. The summed E-state index contributed by atoms with van der Waals surface area (Å²) in [6.45, 7) is 1.40. The van der Waals surface area contributed by atoms with Crippen LogP contribution in [0.15, 0.2) is 109 Å². The van der Waals surface area contributed by atoms with Gasteiger partial charge >= 0.3 is 5.97 Å². The molecule has 0 aliphatic heterocycles. The predicted molar refractivity (Wildman–Crippen MR) is 166 cm³/mol. The highest BCUT2D eigenvalue weighted by Gasteiger charge is 2.68. The van der Waals surface area contributed by atoms with Gasteiger partial charge in [0, 0.05) is 41.7 Å². The van der Waals surface area contributed by atoms with Crippen molar-refractivity contribution in [2.75, 3.05) is 6.61 Å². The van der Waals surface area contributed by atoms with Crippen molar-refractivity contribution in [2.24, 2.45) is 11.3 Å². The molecule has 1 N–H and O–H groups in total. The maximum atomic E-state index is 14.7. The minimum atomic E-state index is -2.28. The van der Waals surface area contributed by atoms with Crippen molar-refractivity contribution in [3.8, 4) is 6.07 Å². The van der Waals surface area contributed by atoms with E-state index in [9.17, 15) is 40.2 Å². The van der Waals surface area contributed by atoms with Gasteiger partial charge in [-0.25, -0.2) is 0 Å². The van der Waals surface area contributed by atoms with Crippen LogP contribution in [0.25, 0.3) is 0 Å². The fourth-order valence-electron chi connectivity index (χ4n) is 6.76. The summed E-state index contributed by atoms with van der Waals surface area (Å²) in [6, 6.07) is 29.2. The average molecular weight is 620 g/mol. The normalized spacial score (nSPS) is 23.9. The second-order valence-electron chi connectivity index (χ2n) is 11.1. The lowest BCUT2D eigenvalue weighted by Gasteiger charge is -2.54. The van der Waals surface area contributed by atoms with Crippen LogP contribution in [-0.4, -0.2) is 33.3 Å². The summed E-state index contributed by atoms with van der Waals surface area (Å²) < 4.78 is 5.52. The zero-order valence-electron chi connectivity index (χ0n) is 24.7. The smallest absolute Gasteiger partial charge is 0.327 e. The topological polar surface area (TPSA) is 174 Å². The Kier molecular flexibility index (Phi) is 8.76. The Morgan fingerprint density at radius 3 is 1.96 bits per heavy atom. The molecule has 0 radical (unpaired) electrons. The number of esters is 1. The number of carbonyl (C=O) groups is 2. The summed E-state index contributed by atoms with van der Waals surface area (Å²) in [5.74, 6) is -5.97. The van der Waals surface area contributed by atoms with Gasteiger partial charge in [0.15, 0.2) is 11.2 Å². The molecule has 0 unspecified atom stereocenters. The van der Waals surface area contributed by atoms with Gasteiger partial charge in [-0.15, -0.1) is 0 Å². The number of non-ortho nitro benzene ring substituents is 2. The number of ketones is 1. The Bertz CT molecular complexity index is 1840. The molecule has 1 aliphatic rings. The third-order valence-corrected chi connectivity index (χ3v) is 8.74. The number of hydrogen-bond acceptors (Lipinski definition) is 9. The number of nitro groups is 2. The van der Waals surface area contributed by atoms with E-state index in [0.29, 0.717) is 5.56 Å². The Hall–Kier alpha value is -5.73. The van der Waals surface area contributed by atoms with Crippen LogP contribution in [0, 0.1) is 42.9 Å². The first kappa shape index (κ1) is 31.7. The van der Waals surface area contributed by atoms with Crippen LogP contribution in [0.4, 0.5) is 11.4 Å². The number of ether oxygens (including phenoxy) is 1. The molecule has 0 amide bonds. The number of nitro benzene ring substituents is 2. The summed E-state index contributed by atoms with van der Waals surface area (Å²) in [5.41, 5.74) is -4.30. The Morgan fingerprint density at radius 1 is 0.870 bits per heavy atom. The van der Waals surface area contributed by atoms with E-state index in [1.807, 2.05) is 0 Å². The number of hydrogen-bond donors (Lipinski definition) is 1. The number of nitriles is 1. The molecular formula is C35H29N3O8. The van der Waals surface area contributed by atoms with Crippen molar-refractivity contribution in [1.29, 1.82) is 5.26 Å². The van der Waals surface area contributed by atoms with E-state index in [1.165, 1.54) is 48.5 Å². The van der Waals surface area contributed by atoms with Crippen molar-refractivity contribution < 1.29 is 29.3 Å². The Morgan fingerprint density at radius 2 is 1.41 bits per heavy atom. The van der Waals surface area contributed by atoms with Crippen LogP contribution >= 0.6 is 0 Å². The molecule has 232 valence electrons. The maximum Gasteiger partial charge on any atom is 0.327 e. The van der Waals surface area contributed by atoms with E-state index in [0.717, 1.165) is 0 Å². The van der Waals surface area contributed by atoms with Crippen LogP contribution in [-0.2, 0) is 15.1 Å². The van der Waals surface area contributed by atoms with E-state index < -0.39 is 50.4 Å². The first-order valence-electron chi connectivity index (χ1n) is 14.5. The van der Waals surface area contributed by atoms with Gasteiger partial charge in [-0.1, -0.05) is 84.9 Å². The van der Waals surface area contributed by atoms with Gasteiger partial charge in [0.25, 0.3) is 11.4 Å². The quantitative estimate of drug-likeness (QED) is 0.0985. The first-order chi connectivity index (χ1) is 22.1. The fourth-order valence-corrected chi connectivity index (χ4v) is 6.76. The lowest BCUT2D eigenvalue weighted by atomic mass is 9.47. The molecular weight excluding hydrogens is 590 g/mol. The largest absolute Gasteiger partial charge is 0.465 e. The zero-order chi connectivity index (χ0) is 33.1. The number of carbonyl (C=O) groups excluding carboxylic acids is 2. The van der Waals surface area contributed by atoms with Crippen molar-refractivity contribution >= 4 is 23.1 Å². The highest BCUT2D eigenvalue weighted by atomic mass is 16.6. The molecule has 11 heteroatoms. The standard InChI is InChI=1S/C35H29N3O8/c1-2-46-33(40)34(22-36)29(24-13-9-17-27(19-24)37(42)43)21-35(41,26-15-7-4-8-16-26)31(32(39)23-11-5-3-6-12-23)30(34)25-14-10-18-28(20-25)38(44)45/h3-20,29-31,41H,2,21H2,1H3/t29-,30-,31+,34+,35-/m0/s1. The lowest BCUT2D eigenvalue weighted by molar-refractivity contribution is -0.385. The second-order valence-corrected chi connectivity index (χ2v) is 11.1. The summed E-state index contributed by atoms with van der Waals surface area (Å²) in [5, 5.41) is 47.9. The van der Waals surface area contributed by atoms with Gasteiger partial charge in [0.1, 0.15) is 5.60 Å². The van der Waals surface area contributed by atoms with Crippen molar-refractivity contribution in [1.82, 2.24) is 0 Å². The molecule has 4 aromatic rings. The van der Waals surface area contributed by atoms with Crippen molar-refractivity contribution in [2.45, 2.75) is 30.8 Å². The van der Waals surface area contributed by atoms with Gasteiger partial charge in [-0.3, -0.25) is 29.8 Å². The summed E-state index contributed by atoms with van der Waals surface area (Å²) >= 11 is 0. The number of benzene rings is 4. The Balaban J connectivity index is 1.93. The molecule has 0 spiro atoms. The van der Waals surface area contributed by atoms with Crippen molar-refractivity contribution in [3.63, 3.8) is 0 Å². The Labute approximate surface area is 264 Å². The molecule has 1 fully saturated rings. The number of rotatable bonds is 9. The molecule has 1 aliphatic carbocycles. The van der Waals surface area contributed by atoms with Crippen LogP contribution in [0.2, 0.25) is 0 Å². The van der Waals surface area contributed by atoms with E-state index >= 15 is 0 Å². The average Bonchev–Trinajstić information content (AvgIpc) is 3.08. The SMILES string of the molecule is CCOC(=O)[C@]1(C#N)[C@H](c2cccc([N+](=O)[O-])c2)C[C@](O)(c2ccccc2)[C@@H](C(=O)c2ccccc2)[C@@H]1c1cccc([N+](=O)[O-])c1. The summed E-state index contributed by atoms with van der Waals surface area (Å²) in [6.07, 6.45) is -0.390. The van der Waals surface area contributed by atoms with Gasteiger partial charge in [-0.05, 0) is 30.0 Å². The molecule has 0 heterocycles. The van der Waals surface area contributed by atoms with E-state index in [1.54, 1.807) is 67.6 Å². The minimum Gasteiger partial charge on any atom is -0.465 e. The molecule has 5 atom stereocenters. The van der Waals surface area contributed by atoms with Crippen LogP contribution in [0.5, 0.6) is 0 Å². The highest BCUT2D eigenvalue weighted by Crippen LogP contribution is 2.64. The molecule has 1 saturated carbocycles. The minimum absolute atomic E-state index is 0.0718. The van der Waals surface area contributed by atoms with E-state index in [2.05, 4.69) is 6.07 Å². The van der Waals surface area contributed by atoms with Gasteiger partial charge < -0.3 is 9.84 Å². The van der Waals surface area contributed by atoms with E-state index in [-0.39, 0.29) is 41.1 Å². The van der Waals surface area contributed by atoms with Gasteiger partial charge in [-0.2, -0.15) is 5.26 Å². The monoisotopic (exact) mass is 619 g/mol. The molecule has 5 rings (SSSR count). The molecule has 11 nitrogen and oxygen atoms in total. The van der Waals surface area contributed by atoms with Crippen LogP contribution < -0.4 is 0 Å². The summed E-state index contributed by atoms with van der Waals surface area (Å²) in [7, 11) is 0. The molecule has 0 bridgehead atoms. The van der Waals surface area contributed by atoms with E-state index in [4.69, 9.17) is 4.74 Å². The number of nitrogens with zero attached hydrogens (tertiary/aromatic N) is 3. The third-order valence-electron chi connectivity index (χ3n) is 8.74. The maximum absolute atomic E-state index is 14.7.